The number of hydrogen-bond acceptors (Lipinski definition) is 4. The Labute approximate surface area is 129 Å². The van der Waals surface area contributed by atoms with Crippen LogP contribution in [0.1, 0.15) is 20.8 Å². The van der Waals surface area contributed by atoms with Crippen LogP contribution in [0.5, 0.6) is 0 Å². The van der Waals surface area contributed by atoms with Crippen LogP contribution in [0.25, 0.3) is 11.3 Å². The highest BCUT2D eigenvalue weighted by atomic mass is 32.1. The zero-order valence-corrected chi connectivity index (χ0v) is 13.3. The van der Waals surface area contributed by atoms with Gasteiger partial charge in [0.25, 0.3) is 0 Å². The summed E-state index contributed by atoms with van der Waals surface area (Å²) in [5.74, 6) is -1.20. The fraction of sp³-hybridized carbons (Fsp3) is 0.375. The van der Waals surface area contributed by atoms with Gasteiger partial charge in [0.1, 0.15) is 0 Å². The lowest BCUT2D eigenvalue weighted by Crippen LogP contribution is -2.36. The Bertz CT molecular complexity index is 595. The largest absolute Gasteiger partial charge is 0.481 e. The van der Waals surface area contributed by atoms with Crippen LogP contribution in [0.15, 0.2) is 35.7 Å². The summed E-state index contributed by atoms with van der Waals surface area (Å²) < 4.78 is 0. The van der Waals surface area contributed by atoms with Crippen molar-refractivity contribution in [3.8, 4) is 11.3 Å². The molecule has 21 heavy (non-hydrogen) atoms. The van der Waals surface area contributed by atoms with E-state index in [4.69, 9.17) is 5.11 Å². The normalized spacial score (nSPS) is 12.4. The van der Waals surface area contributed by atoms with E-state index in [-0.39, 0.29) is 6.04 Å². The second-order valence-corrected chi connectivity index (χ2v) is 6.20. The number of benzene rings is 1. The van der Waals surface area contributed by atoms with Crippen molar-refractivity contribution in [3.05, 3.63) is 35.7 Å². The van der Waals surface area contributed by atoms with Gasteiger partial charge in [-0.25, -0.2) is 4.98 Å². The number of carboxylic acids is 1. The van der Waals surface area contributed by atoms with Crippen LogP contribution >= 0.6 is 11.3 Å². The van der Waals surface area contributed by atoms with Gasteiger partial charge in [-0.2, -0.15) is 0 Å². The number of hydrogen-bond donors (Lipinski definition) is 1. The molecule has 0 spiro atoms. The molecule has 1 aromatic heterocycles. The molecule has 0 saturated heterocycles. The summed E-state index contributed by atoms with van der Waals surface area (Å²) in [5, 5.41) is 12.0. The lowest BCUT2D eigenvalue weighted by molar-refractivity contribution is -0.140. The van der Waals surface area contributed by atoms with Crippen LogP contribution in [0, 0.1) is 5.92 Å². The van der Waals surface area contributed by atoms with Gasteiger partial charge in [0, 0.05) is 23.5 Å². The molecule has 0 saturated carbocycles. The first kappa shape index (κ1) is 15.5. The molecule has 1 aromatic carbocycles. The molecule has 0 fully saturated rings. The lowest BCUT2D eigenvalue weighted by Gasteiger charge is -2.27. The predicted octanol–water partition coefficient (Wildman–Crippen LogP) is 3.75. The average Bonchev–Trinajstić information content (AvgIpc) is 2.94. The Morgan fingerprint density at radius 1 is 1.29 bits per heavy atom. The lowest BCUT2D eigenvalue weighted by atomic mass is 10.1. The summed E-state index contributed by atoms with van der Waals surface area (Å²) in [6.07, 6.45) is 0. The number of thiazole rings is 1. The molecule has 0 bridgehead atoms. The number of nitrogens with zero attached hydrogens (tertiary/aromatic N) is 2. The van der Waals surface area contributed by atoms with Gasteiger partial charge in [0.05, 0.1) is 11.6 Å². The summed E-state index contributed by atoms with van der Waals surface area (Å²) in [5.41, 5.74) is 2.01. The van der Waals surface area contributed by atoms with Gasteiger partial charge in [-0.3, -0.25) is 4.79 Å². The summed E-state index contributed by atoms with van der Waals surface area (Å²) >= 11 is 1.56. The second-order valence-electron chi connectivity index (χ2n) is 5.37. The highest BCUT2D eigenvalue weighted by Crippen LogP contribution is 2.29. The van der Waals surface area contributed by atoms with Crippen LogP contribution in [-0.2, 0) is 4.79 Å². The molecule has 0 aliphatic rings. The van der Waals surface area contributed by atoms with E-state index < -0.39 is 11.9 Å². The highest BCUT2D eigenvalue weighted by Gasteiger charge is 2.21. The number of aliphatic carboxylic acids is 1. The van der Waals surface area contributed by atoms with Crippen LogP contribution in [-0.4, -0.2) is 28.6 Å². The second kappa shape index (κ2) is 6.72. The zero-order chi connectivity index (χ0) is 15.4. The Morgan fingerprint density at radius 3 is 2.52 bits per heavy atom. The van der Waals surface area contributed by atoms with Crippen molar-refractivity contribution in [2.24, 2.45) is 5.92 Å². The summed E-state index contributed by atoms with van der Waals surface area (Å²) in [6.45, 7) is 6.30. The minimum absolute atomic E-state index is 0.210. The molecule has 0 aliphatic carbocycles. The van der Waals surface area contributed by atoms with Crippen molar-refractivity contribution >= 4 is 22.4 Å². The smallest absolute Gasteiger partial charge is 0.308 e. The maximum Gasteiger partial charge on any atom is 0.308 e. The van der Waals surface area contributed by atoms with Gasteiger partial charge in [-0.1, -0.05) is 37.3 Å². The zero-order valence-electron chi connectivity index (χ0n) is 12.5. The van der Waals surface area contributed by atoms with Crippen LogP contribution in [0.2, 0.25) is 0 Å². The Kier molecular flexibility index (Phi) is 4.96. The molecule has 5 heteroatoms. The topological polar surface area (TPSA) is 53.4 Å². The van der Waals surface area contributed by atoms with Crippen LogP contribution in [0.4, 0.5) is 5.13 Å². The minimum atomic E-state index is -0.777. The first-order valence-electron chi connectivity index (χ1n) is 6.99. The molecule has 2 aromatic rings. The molecule has 112 valence electrons. The molecule has 2 rings (SSSR count). The molecule has 1 heterocycles. The van der Waals surface area contributed by atoms with Gasteiger partial charge >= 0.3 is 5.97 Å². The predicted molar refractivity (Wildman–Crippen MR) is 86.8 cm³/mol. The van der Waals surface area contributed by atoms with Crippen molar-refractivity contribution in [1.82, 2.24) is 4.98 Å². The van der Waals surface area contributed by atoms with Crippen LogP contribution < -0.4 is 4.90 Å². The number of anilines is 1. The average molecular weight is 304 g/mol. The van der Waals surface area contributed by atoms with Crippen molar-refractivity contribution in [1.29, 1.82) is 0 Å². The van der Waals surface area contributed by atoms with Crippen molar-refractivity contribution in [2.45, 2.75) is 26.8 Å². The third kappa shape index (κ3) is 3.82. The van der Waals surface area contributed by atoms with E-state index in [1.54, 1.807) is 18.3 Å². The fourth-order valence-corrected chi connectivity index (χ4v) is 3.00. The van der Waals surface area contributed by atoms with Crippen molar-refractivity contribution < 1.29 is 9.90 Å². The summed E-state index contributed by atoms with van der Waals surface area (Å²) in [4.78, 5) is 17.8. The van der Waals surface area contributed by atoms with E-state index >= 15 is 0 Å². The maximum atomic E-state index is 11.1. The van der Waals surface area contributed by atoms with Gasteiger partial charge in [0.2, 0.25) is 0 Å². The third-order valence-electron chi connectivity index (χ3n) is 3.32. The monoisotopic (exact) mass is 304 g/mol. The van der Waals surface area contributed by atoms with E-state index in [0.29, 0.717) is 6.54 Å². The SMILES string of the molecule is CC(CN(c1nc(-c2ccccc2)cs1)C(C)C)C(=O)O. The molecular weight excluding hydrogens is 284 g/mol. The number of rotatable bonds is 6. The Balaban J connectivity index is 2.22. The number of carboxylic acid groups (broad SMARTS) is 1. The maximum absolute atomic E-state index is 11.1. The third-order valence-corrected chi connectivity index (χ3v) is 4.20. The van der Waals surface area contributed by atoms with E-state index in [2.05, 4.69) is 23.7 Å². The molecule has 0 amide bonds. The fourth-order valence-electron chi connectivity index (χ4n) is 2.02. The first-order valence-corrected chi connectivity index (χ1v) is 7.87. The minimum Gasteiger partial charge on any atom is -0.481 e. The van der Waals surface area contributed by atoms with Crippen molar-refractivity contribution in [3.63, 3.8) is 0 Å². The quantitative estimate of drug-likeness (QED) is 0.883. The first-order chi connectivity index (χ1) is 9.99. The van der Waals surface area contributed by atoms with Gasteiger partial charge in [-0.05, 0) is 13.8 Å². The van der Waals surface area contributed by atoms with E-state index in [0.717, 1.165) is 16.4 Å². The Morgan fingerprint density at radius 2 is 1.95 bits per heavy atom. The van der Waals surface area contributed by atoms with E-state index in [9.17, 15) is 4.79 Å². The van der Waals surface area contributed by atoms with Crippen LogP contribution in [0.3, 0.4) is 0 Å². The molecule has 0 aliphatic heterocycles. The summed E-state index contributed by atoms with van der Waals surface area (Å²) in [6, 6.07) is 10.2. The highest BCUT2D eigenvalue weighted by molar-refractivity contribution is 7.14. The molecule has 0 radical (unpaired) electrons. The van der Waals surface area contributed by atoms with Crippen molar-refractivity contribution in [2.75, 3.05) is 11.4 Å². The molecular formula is C16H20N2O2S. The van der Waals surface area contributed by atoms with Gasteiger partial charge in [0.15, 0.2) is 5.13 Å². The van der Waals surface area contributed by atoms with Gasteiger partial charge < -0.3 is 10.0 Å². The molecule has 1 atom stereocenters. The number of carbonyl (C=O) groups is 1. The Hall–Kier alpha value is -1.88. The standard InChI is InChI=1S/C16H20N2O2S/c1-11(2)18(9-12(3)15(19)20)16-17-14(10-21-16)13-7-5-4-6-8-13/h4-8,10-12H,9H2,1-3H3,(H,19,20). The molecule has 1 unspecified atom stereocenters. The van der Waals surface area contributed by atoms with E-state index in [1.807, 2.05) is 35.7 Å². The van der Waals surface area contributed by atoms with Gasteiger partial charge in [-0.15, -0.1) is 11.3 Å². The van der Waals surface area contributed by atoms with E-state index in [1.165, 1.54) is 0 Å². The summed E-state index contributed by atoms with van der Waals surface area (Å²) in [7, 11) is 0. The molecule has 4 nitrogen and oxygen atoms in total. The molecule has 1 N–H and O–H groups in total. The number of aromatic nitrogens is 1.